The highest BCUT2D eigenvalue weighted by atomic mass is 127. The van der Waals surface area contributed by atoms with E-state index in [9.17, 15) is 4.79 Å². The van der Waals surface area contributed by atoms with E-state index in [1.54, 1.807) is 25.5 Å². The zero-order valence-corrected chi connectivity index (χ0v) is 26.2. The summed E-state index contributed by atoms with van der Waals surface area (Å²) in [6.45, 7) is 2.48. The predicted molar refractivity (Wildman–Crippen MR) is 175 cm³/mol. The first-order valence-electron chi connectivity index (χ1n) is 12.9. The zero-order valence-electron chi connectivity index (χ0n) is 22.5. The molecule has 1 amide bonds. The number of carbonyl (C=O) groups is 1. The summed E-state index contributed by atoms with van der Waals surface area (Å²) in [7, 11) is 1.60. The number of methoxy groups -OCH3 is 1. The molecule has 1 heterocycles. The summed E-state index contributed by atoms with van der Waals surface area (Å²) in [4.78, 5) is 12.8. The molecule has 0 saturated carbocycles. The molecular weight excluding hydrogens is 693 g/mol. The second-order valence-electron chi connectivity index (χ2n) is 9.26. The number of halogens is 2. The molecule has 0 fully saturated rings. The van der Waals surface area contributed by atoms with Crippen LogP contribution in [0, 0.1) is 10.5 Å². The van der Waals surface area contributed by atoms with Gasteiger partial charge in [0.15, 0.2) is 11.5 Å². The van der Waals surface area contributed by atoms with Gasteiger partial charge in [0.2, 0.25) is 0 Å². The minimum atomic E-state index is -0.295. The van der Waals surface area contributed by atoms with Crippen LogP contribution >= 0.6 is 38.5 Å². The molecule has 0 saturated heterocycles. The average Bonchev–Trinajstić information content (AvgIpc) is 3.38. The molecule has 0 spiro atoms. The van der Waals surface area contributed by atoms with Gasteiger partial charge in [0.1, 0.15) is 6.61 Å². The Morgan fingerprint density at radius 2 is 1.71 bits per heavy atom. The molecule has 1 N–H and O–H groups in total. The van der Waals surface area contributed by atoms with Gasteiger partial charge in [0.05, 0.1) is 22.6 Å². The Kier molecular flexibility index (Phi) is 9.21. The zero-order chi connectivity index (χ0) is 28.8. The second-order valence-corrected chi connectivity index (χ2v) is 11.3. The third-order valence-electron chi connectivity index (χ3n) is 6.46. The monoisotopic (exact) mass is 719 g/mol. The van der Waals surface area contributed by atoms with Crippen LogP contribution in [-0.4, -0.2) is 23.8 Å². The van der Waals surface area contributed by atoms with Gasteiger partial charge in [-0.05, 0) is 107 Å². The molecule has 8 heteroatoms. The first-order valence-corrected chi connectivity index (χ1v) is 14.7. The lowest BCUT2D eigenvalue weighted by molar-refractivity contribution is 0.0955. The number of nitrogens with one attached hydrogen (secondary N) is 1. The highest BCUT2D eigenvalue weighted by molar-refractivity contribution is 14.1. The lowest BCUT2D eigenvalue weighted by Crippen LogP contribution is -2.17. The van der Waals surface area contributed by atoms with Gasteiger partial charge < -0.3 is 14.0 Å². The molecule has 41 heavy (non-hydrogen) atoms. The Balaban J connectivity index is 1.25. The van der Waals surface area contributed by atoms with Gasteiger partial charge in [0.25, 0.3) is 5.91 Å². The van der Waals surface area contributed by atoms with Crippen LogP contribution in [0.2, 0.25) is 0 Å². The first kappa shape index (κ1) is 28.6. The number of nitrogens with zero attached hydrogens (tertiary/aromatic N) is 2. The largest absolute Gasteiger partial charge is 0.493 e. The van der Waals surface area contributed by atoms with Gasteiger partial charge in [-0.1, -0.05) is 58.4 Å². The van der Waals surface area contributed by atoms with Gasteiger partial charge >= 0.3 is 0 Å². The van der Waals surface area contributed by atoms with E-state index in [1.165, 1.54) is 0 Å². The third kappa shape index (κ3) is 6.89. The lowest BCUT2D eigenvalue weighted by atomic mass is 10.1. The summed E-state index contributed by atoms with van der Waals surface area (Å²) in [5, 5.41) is 4.17. The van der Waals surface area contributed by atoms with Crippen molar-refractivity contribution in [3.05, 3.63) is 134 Å². The molecule has 0 atom stereocenters. The minimum absolute atomic E-state index is 0.295. The molecule has 0 bridgehead atoms. The van der Waals surface area contributed by atoms with Crippen LogP contribution in [0.3, 0.4) is 0 Å². The van der Waals surface area contributed by atoms with E-state index in [2.05, 4.69) is 84.8 Å². The van der Waals surface area contributed by atoms with Gasteiger partial charge in [0, 0.05) is 21.4 Å². The second kappa shape index (κ2) is 13.2. The molecule has 5 aromatic rings. The molecular formula is C33H27BrIN3O3. The van der Waals surface area contributed by atoms with Crippen LogP contribution in [0.1, 0.15) is 27.2 Å². The van der Waals surface area contributed by atoms with Crippen LogP contribution in [0.25, 0.3) is 16.9 Å². The van der Waals surface area contributed by atoms with E-state index in [0.717, 1.165) is 41.8 Å². The minimum Gasteiger partial charge on any atom is -0.493 e. The fourth-order valence-corrected chi connectivity index (χ4v) is 5.44. The number of rotatable bonds is 9. The number of carbonyl (C=O) groups excluding carboxylic acids is 1. The van der Waals surface area contributed by atoms with E-state index in [4.69, 9.17) is 9.47 Å². The van der Waals surface area contributed by atoms with Crippen molar-refractivity contribution in [1.82, 2.24) is 9.99 Å². The molecule has 4 aromatic carbocycles. The van der Waals surface area contributed by atoms with Crippen LogP contribution in [-0.2, 0) is 6.61 Å². The number of hydrogen-bond acceptors (Lipinski definition) is 4. The highest BCUT2D eigenvalue weighted by Gasteiger charge is 2.13. The number of hydrazone groups is 1. The van der Waals surface area contributed by atoms with Gasteiger partial charge in [-0.3, -0.25) is 4.79 Å². The van der Waals surface area contributed by atoms with Crippen LogP contribution in [0.4, 0.5) is 0 Å². The summed E-state index contributed by atoms with van der Waals surface area (Å²) in [6, 6.07) is 33.7. The maximum atomic E-state index is 12.8. The maximum Gasteiger partial charge on any atom is 0.271 e. The fraction of sp³-hybridized carbons (Fsp3) is 0.0909. The van der Waals surface area contributed by atoms with E-state index in [-0.39, 0.29) is 5.91 Å². The van der Waals surface area contributed by atoms with Crippen molar-refractivity contribution in [2.24, 2.45) is 5.10 Å². The normalized spacial score (nSPS) is 11.0. The van der Waals surface area contributed by atoms with Crippen LogP contribution in [0.5, 0.6) is 11.5 Å². The summed E-state index contributed by atoms with van der Waals surface area (Å²) >= 11 is 5.66. The van der Waals surface area contributed by atoms with Crippen molar-refractivity contribution >= 4 is 50.6 Å². The van der Waals surface area contributed by atoms with Crippen molar-refractivity contribution in [3.8, 4) is 28.4 Å². The Bertz CT molecular complexity index is 1680. The van der Waals surface area contributed by atoms with Gasteiger partial charge in [-0.25, -0.2) is 5.43 Å². The summed E-state index contributed by atoms with van der Waals surface area (Å²) < 4.78 is 15.7. The molecule has 1 aromatic heterocycles. The topological polar surface area (TPSA) is 64.8 Å². The van der Waals surface area contributed by atoms with Gasteiger partial charge in [-0.15, -0.1) is 0 Å². The smallest absolute Gasteiger partial charge is 0.271 e. The number of aromatic nitrogens is 1. The fourth-order valence-electron chi connectivity index (χ4n) is 4.40. The molecule has 0 aliphatic rings. The number of aryl methyl sites for hydroxylation is 1. The number of hydrogen-bond donors (Lipinski definition) is 1. The average molecular weight is 720 g/mol. The standard InChI is InChI=1S/C33H27BrIN3O3/c1-22-8-17-30(25-6-4-3-5-7-25)38(22)28-15-11-26(12-16-28)33(39)37-36-20-24-18-29(35)32(31(19-24)40-2)41-21-23-9-13-27(34)14-10-23/h3-20H,21H2,1-2H3,(H,37,39)/b36-20+. The number of amides is 1. The van der Waals surface area contributed by atoms with E-state index >= 15 is 0 Å². The van der Waals surface area contributed by atoms with E-state index < -0.39 is 0 Å². The van der Waals surface area contributed by atoms with E-state index in [0.29, 0.717) is 23.7 Å². The SMILES string of the molecule is COc1cc(/C=N/NC(=O)c2ccc(-n3c(C)ccc3-c3ccccc3)cc2)cc(I)c1OCc1ccc(Br)cc1. The van der Waals surface area contributed by atoms with Crippen molar-refractivity contribution in [2.75, 3.05) is 7.11 Å². The van der Waals surface area contributed by atoms with Gasteiger partial charge in [-0.2, -0.15) is 5.10 Å². The summed E-state index contributed by atoms with van der Waals surface area (Å²) in [6.07, 6.45) is 1.59. The van der Waals surface area contributed by atoms with Crippen molar-refractivity contribution < 1.29 is 14.3 Å². The molecule has 0 aliphatic heterocycles. The maximum absolute atomic E-state index is 12.8. The lowest BCUT2D eigenvalue weighted by Gasteiger charge is -2.14. The molecule has 5 rings (SSSR count). The Morgan fingerprint density at radius 3 is 2.41 bits per heavy atom. The predicted octanol–water partition coefficient (Wildman–Crippen LogP) is 8.17. The molecule has 6 nitrogen and oxygen atoms in total. The number of benzene rings is 4. The van der Waals surface area contributed by atoms with Crippen molar-refractivity contribution in [1.29, 1.82) is 0 Å². The quantitative estimate of drug-likeness (QED) is 0.0950. The van der Waals surface area contributed by atoms with Crippen LogP contribution in [0.15, 0.2) is 113 Å². The first-order chi connectivity index (χ1) is 19.9. The van der Waals surface area contributed by atoms with Crippen LogP contribution < -0.4 is 14.9 Å². The van der Waals surface area contributed by atoms with Crippen molar-refractivity contribution in [2.45, 2.75) is 13.5 Å². The molecule has 0 aliphatic carbocycles. The molecule has 0 unspecified atom stereocenters. The number of ether oxygens (including phenoxy) is 2. The molecule has 0 radical (unpaired) electrons. The Labute approximate surface area is 261 Å². The Morgan fingerprint density at radius 1 is 0.976 bits per heavy atom. The highest BCUT2D eigenvalue weighted by Crippen LogP contribution is 2.34. The van der Waals surface area contributed by atoms with E-state index in [1.807, 2.05) is 66.7 Å². The molecule has 206 valence electrons. The third-order valence-corrected chi connectivity index (χ3v) is 7.79. The Hall–Kier alpha value is -3.89. The van der Waals surface area contributed by atoms with Crippen molar-refractivity contribution in [3.63, 3.8) is 0 Å². The summed E-state index contributed by atoms with van der Waals surface area (Å²) in [5.41, 5.74) is 9.28. The summed E-state index contributed by atoms with van der Waals surface area (Å²) in [5.74, 6) is 0.953.